The molecule has 1 heterocycles. The zero-order valence-electron chi connectivity index (χ0n) is 16.8. The number of nitrogens with zero attached hydrogens (tertiary/aromatic N) is 2. The Bertz CT molecular complexity index is 1020. The molecule has 0 bridgehead atoms. The summed E-state index contributed by atoms with van der Waals surface area (Å²) >= 11 is 5.25. The molecule has 2 aromatic rings. The van der Waals surface area contributed by atoms with Gasteiger partial charge in [0.15, 0.2) is 10.6 Å². The van der Waals surface area contributed by atoms with Crippen LogP contribution in [0.15, 0.2) is 29.2 Å². The van der Waals surface area contributed by atoms with E-state index in [2.05, 4.69) is 20.2 Å². The normalized spacial score (nSPS) is 15.4. The fourth-order valence-electron chi connectivity index (χ4n) is 3.11. The first-order chi connectivity index (χ1) is 13.7. The molecule has 1 aromatic carbocycles. The van der Waals surface area contributed by atoms with Crippen LogP contribution in [0.2, 0.25) is 0 Å². The van der Waals surface area contributed by atoms with Gasteiger partial charge < -0.3 is 5.32 Å². The van der Waals surface area contributed by atoms with Crippen LogP contribution in [0.25, 0.3) is 0 Å². The third-order valence-electron chi connectivity index (χ3n) is 4.76. The fourth-order valence-corrected chi connectivity index (χ4v) is 4.62. The molecule has 1 saturated carbocycles. The highest BCUT2D eigenvalue weighted by Gasteiger charge is 2.29. The molecule has 1 unspecified atom stereocenters. The van der Waals surface area contributed by atoms with E-state index in [1.165, 1.54) is 12.1 Å². The minimum Gasteiger partial charge on any atom is -0.347 e. The largest absolute Gasteiger partial charge is 0.347 e. The van der Waals surface area contributed by atoms with Gasteiger partial charge in [-0.15, -0.1) is 0 Å². The highest BCUT2D eigenvalue weighted by atomic mass is 32.2. The number of aryl methyl sites for hydroxylation is 1. The number of carbonyl (C=O) groups is 1. The third kappa shape index (κ3) is 5.52. The average Bonchev–Trinajstić information content (AvgIpc) is 3.41. The summed E-state index contributed by atoms with van der Waals surface area (Å²) in [6.45, 7) is 5.96. The molecule has 0 saturated heterocycles. The minimum absolute atomic E-state index is 0.132. The summed E-state index contributed by atoms with van der Waals surface area (Å²) in [7, 11) is -3.81. The standard InChI is InChI=1S/C19H27N5O3S2/c1-12(2)10-16(23-29(26,27)15-8-4-13(3)5-9-15)18(25)20-11-17-21-22-19(28)24(17)14-6-7-14/h4-5,8-9,12,14,16,23H,6-7,10-11H2,1-3H3,(H,20,25)(H,22,28). The van der Waals surface area contributed by atoms with Gasteiger partial charge in [-0.3, -0.25) is 14.5 Å². The smallest absolute Gasteiger partial charge is 0.241 e. The molecule has 1 aliphatic rings. The molecule has 1 amide bonds. The first kappa shape index (κ1) is 21.7. The predicted octanol–water partition coefficient (Wildman–Crippen LogP) is 2.59. The van der Waals surface area contributed by atoms with Crippen LogP contribution in [-0.4, -0.2) is 35.1 Å². The SMILES string of the molecule is Cc1ccc(S(=O)(=O)NC(CC(C)C)C(=O)NCc2n[nH]c(=S)n2C2CC2)cc1. The van der Waals surface area contributed by atoms with Crippen LogP contribution in [0.3, 0.4) is 0 Å². The Hall–Kier alpha value is -2.04. The van der Waals surface area contributed by atoms with Crippen molar-refractivity contribution < 1.29 is 13.2 Å². The van der Waals surface area contributed by atoms with E-state index in [-0.39, 0.29) is 23.3 Å². The molecule has 10 heteroatoms. The lowest BCUT2D eigenvalue weighted by molar-refractivity contribution is -0.123. The zero-order valence-corrected chi connectivity index (χ0v) is 18.4. The van der Waals surface area contributed by atoms with Crippen molar-refractivity contribution in [2.75, 3.05) is 0 Å². The molecule has 1 atom stereocenters. The van der Waals surface area contributed by atoms with E-state index in [0.717, 1.165) is 18.4 Å². The average molecular weight is 438 g/mol. The number of amides is 1. The molecular formula is C19H27N5O3S2. The van der Waals surface area contributed by atoms with Gasteiger partial charge in [0.2, 0.25) is 15.9 Å². The number of nitrogens with one attached hydrogen (secondary N) is 3. The third-order valence-corrected chi connectivity index (χ3v) is 6.54. The predicted molar refractivity (Wildman–Crippen MR) is 112 cm³/mol. The maximum Gasteiger partial charge on any atom is 0.241 e. The highest BCUT2D eigenvalue weighted by molar-refractivity contribution is 7.89. The second-order valence-corrected chi connectivity index (χ2v) is 9.98. The Balaban J connectivity index is 1.71. The Kier molecular flexibility index (Phi) is 6.55. The van der Waals surface area contributed by atoms with Crippen molar-refractivity contribution >= 4 is 28.1 Å². The van der Waals surface area contributed by atoms with Gasteiger partial charge in [-0.1, -0.05) is 31.5 Å². The second kappa shape index (κ2) is 8.76. The molecule has 8 nitrogen and oxygen atoms in total. The van der Waals surface area contributed by atoms with Crippen LogP contribution < -0.4 is 10.0 Å². The van der Waals surface area contributed by atoms with Crippen molar-refractivity contribution in [1.82, 2.24) is 24.8 Å². The van der Waals surface area contributed by atoms with Crippen LogP contribution >= 0.6 is 12.2 Å². The van der Waals surface area contributed by atoms with Crippen LogP contribution in [0.5, 0.6) is 0 Å². The Morgan fingerprint density at radius 2 is 1.97 bits per heavy atom. The molecule has 29 heavy (non-hydrogen) atoms. The van der Waals surface area contributed by atoms with E-state index < -0.39 is 16.1 Å². The van der Waals surface area contributed by atoms with Gasteiger partial charge in [0.25, 0.3) is 0 Å². The molecule has 3 N–H and O–H groups in total. The zero-order chi connectivity index (χ0) is 21.2. The molecule has 0 spiro atoms. The summed E-state index contributed by atoms with van der Waals surface area (Å²) in [4.78, 5) is 12.9. The van der Waals surface area contributed by atoms with Gasteiger partial charge in [-0.05, 0) is 56.5 Å². The van der Waals surface area contributed by atoms with Gasteiger partial charge in [0, 0.05) is 6.04 Å². The summed E-state index contributed by atoms with van der Waals surface area (Å²) < 4.78 is 30.5. The van der Waals surface area contributed by atoms with Gasteiger partial charge in [-0.2, -0.15) is 9.82 Å². The molecule has 0 aliphatic heterocycles. The van der Waals surface area contributed by atoms with E-state index >= 15 is 0 Å². The summed E-state index contributed by atoms with van der Waals surface area (Å²) in [6, 6.07) is 5.99. The lowest BCUT2D eigenvalue weighted by Gasteiger charge is -2.20. The lowest BCUT2D eigenvalue weighted by atomic mass is 10.0. The van der Waals surface area contributed by atoms with Gasteiger partial charge >= 0.3 is 0 Å². The molecule has 0 radical (unpaired) electrons. The van der Waals surface area contributed by atoms with E-state index in [0.29, 0.717) is 23.1 Å². The lowest BCUT2D eigenvalue weighted by Crippen LogP contribution is -2.47. The van der Waals surface area contributed by atoms with Crippen molar-refractivity contribution in [2.24, 2.45) is 5.92 Å². The van der Waals surface area contributed by atoms with Gasteiger partial charge in [0.05, 0.1) is 11.4 Å². The summed E-state index contributed by atoms with van der Waals surface area (Å²) in [6.07, 6.45) is 2.47. The van der Waals surface area contributed by atoms with Crippen LogP contribution in [0.4, 0.5) is 0 Å². The Morgan fingerprint density at radius 3 is 2.55 bits per heavy atom. The van der Waals surface area contributed by atoms with E-state index in [4.69, 9.17) is 12.2 Å². The Morgan fingerprint density at radius 1 is 1.31 bits per heavy atom. The number of carbonyl (C=O) groups excluding carboxylic acids is 1. The van der Waals surface area contributed by atoms with Crippen molar-refractivity contribution in [3.05, 3.63) is 40.4 Å². The molecule has 3 rings (SSSR count). The van der Waals surface area contributed by atoms with Crippen LogP contribution in [0.1, 0.15) is 50.5 Å². The number of H-pyrrole nitrogens is 1. The Labute approximate surface area is 176 Å². The van der Waals surface area contributed by atoms with Crippen molar-refractivity contribution in [1.29, 1.82) is 0 Å². The summed E-state index contributed by atoms with van der Waals surface area (Å²) in [5, 5.41) is 9.76. The monoisotopic (exact) mass is 437 g/mol. The second-order valence-electron chi connectivity index (χ2n) is 7.88. The number of rotatable bonds is 9. The number of benzene rings is 1. The van der Waals surface area contributed by atoms with Crippen molar-refractivity contribution in [3.8, 4) is 0 Å². The van der Waals surface area contributed by atoms with Crippen molar-refractivity contribution in [2.45, 2.75) is 63.6 Å². The summed E-state index contributed by atoms with van der Waals surface area (Å²) in [5.74, 6) is 0.397. The number of aromatic amines is 1. The van der Waals surface area contributed by atoms with E-state index in [1.54, 1.807) is 12.1 Å². The first-order valence-electron chi connectivity index (χ1n) is 9.70. The molecular weight excluding hydrogens is 410 g/mol. The quantitative estimate of drug-likeness (QED) is 0.523. The maximum atomic E-state index is 12.8. The topological polar surface area (TPSA) is 109 Å². The number of hydrogen-bond donors (Lipinski definition) is 3. The molecule has 1 aromatic heterocycles. The van der Waals surface area contributed by atoms with Crippen LogP contribution in [-0.2, 0) is 21.4 Å². The van der Waals surface area contributed by atoms with Gasteiger partial charge in [0.1, 0.15) is 6.04 Å². The molecule has 1 aliphatic carbocycles. The first-order valence-corrected chi connectivity index (χ1v) is 11.6. The maximum absolute atomic E-state index is 12.8. The fraction of sp³-hybridized carbons (Fsp3) is 0.526. The molecule has 158 valence electrons. The number of hydrogen-bond acceptors (Lipinski definition) is 5. The van der Waals surface area contributed by atoms with E-state index in [9.17, 15) is 13.2 Å². The highest BCUT2D eigenvalue weighted by Crippen LogP contribution is 2.35. The number of aromatic nitrogens is 3. The van der Waals surface area contributed by atoms with E-state index in [1.807, 2.05) is 25.3 Å². The summed E-state index contributed by atoms with van der Waals surface area (Å²) in [5.41, 5.74) is 0.963. The van der Waals surface area contributed by atoms with Crippen molar-refractivity contribution in [3.63, 3.8) is 0 Å². The number of sulfonamides is 1. The van der Waals surface area contributed by atoms with Crippen LogP contribution in [0, 0.1) is 17.6 Å². The molecule has 1 fully saturated rings. The minimum atomic E-state index is -3.81. The van der Waals surface area contributed by atoms with Gasteiger partial charge in [-0.25, -0.2) is 8.42 Å².